The summed E-state index contributed by atoms with van der Waals surface area (Å²) < 4.78 is 13.0. The molecule has 0 heterocycles. The molecular formula is C22H46FN2O+. The molecule has 0 saturated carbocycles. The van der Waals surface area contributed by atoms with E-state index in [0.29, 0.717) is 18.9 Å². The van der Waals surface area contributed by atoms with E-state index in [1.54, 1.807) is 0 Å². The second-order valence-electron chi connectivity index (χ2n) is 8.42. The summed E-state index contributed by atoms with van der Waals surface area (Å²) in [4.78, 5) is 14.9. The van der Waals surface area contributed by atoms with E-state index in [2.05, 4.69) is 32.8 Å². The molecular weight excluding hydrogens is 327 g/mol. The Kier molecular flexibility index (Phi) is 16.1. The number of hydrogen-bond acceptors (Lipinski definition) is 1. The standard InChI is InChI=1S/C22H46FN2O/c1-5-7-9-10-13-16-20-25(3,4)21-22(26)24(18-8-6-2)19-15-12-11-14-17-23/h5-21H2,1-4H3/q+1. The molecule has 0 aromatic carbocycles. The summed E-state index contributed by atoms with van der Waals surface area (Å²) in [6.07, 6.45) is 13.6. The fourth-order valence-electron chi connectivity index (χ4n) is 3.33. The molecule has 0 radical (unpaired) electrons. The van der Waals surface area contributed by atoms with Crippen molar-refractivity contribution in [1.29, 1.82) is 0 Å². The zero-order valence-corrected chi connectivity index (χ0v) is 18.2. The van der Waals surface area contributed by atoms with Gasteiger partial charge in [0.25, 0.3) is 5.91 Å². The van der Waals surface area contributed by atoms with Crippen LogP contribution >= 0.6 is 0 Å². The van der Waals surface area contributed by atoms with Crippen LogP contribution in [0.15, 0.2) is 0 Å². The first-order chi connectivity index (χ1) is 12.5. The number of carbonyl (C=O) groups is 1. The fraction of sp³-hybridized carbons (Fsp3) is 0.955. The van der Waals surface area contributed by atoms with E-state index in [0.717, 1.165) is 56.2 Å². The van der Waals surface area contributed by atoms with Gasteiger partial charge in [0.1, 0.15) is 0 Å². The van der Waals surface area contributed by atoms with Crippen LogP contribution in [-0.2, 0) is 4.79 Å². The van der Waals surface area contributed by atoms with Crippen LogP contribution in [0.3, 0.4) is 0 Å². The molecule has 0 unspecified atom stereocenters. The highest BCUT2D eigenvalue weighted by molar-refractivity contribution is 5.77. The number of likely N-dealkylation sites (N-methyl/N-ethyl adjacent to an activating group) is 1. The first kappa shape index (κ1) is 25.4. The van der Waals surface area contributed by atoms with Crippen LogP contribution in [0.2, 0.25) is 0 Å². The summed E-state index contributed by atoms with van der Waals surface area (Å²) in [5.41, 5.74) is 0. The molecule has 0 rings (SSSR count). The molecule has 26 heavy (non-hydrogen) atoms. The molecule has 0 aliphatic rings. The minimum atomic E-state index is -0.220. The van der Waals surface area contributed by atoms with E-state index in [9.17, 15) is 9.18 Å². The van der Waals surface area contributed by atoms with Crippen molar-refractivity contribution >= 4 is 5.91 Å². The van der Waals surface area contributed by atoms with Crippen molar-refractivity contribution in [2.24, 2.45) is 0 Å². The molecule has 156 valence electrons. The lowest BCUT2D eigenvalue weighted by molar-refractivity contribution is -0.883. The summed E-state index contributed by atoms with van der Waals surface area (Å²) in [6.45, 7) is 7.58. The fourth-order valence-corrected chi connectivity index (χ4v) is 3.33. The van der Waals surface area contributed by atoms with Crippen LogP contribution < -0.4 is 0 Å². The second-order valence-corrected chi connectivity index (χ2v) is 8.42. The van der Waals surface area contributed by atoms with Crippen molar-refractivity contribution in [3.05, 3.63) is 0 Å². The number of nitrogens with zero attached hydrogens (tertiary/aromatic N) is 2. The highest BCUT2D eigenvalue weighted by atomic mass is 19.1. The Morgan fingerprint density at radius 2 is 1.31 bits per heavy atom. The van der Waals surface area contributed by atoms with E-state index in [-0.39, 0.29) is 6.67 Å². The zero-order valence-electron chi connectivity index (χ0n) is 18.2. The number of carbonyl (C=O) groups excluding carboxylic acids is 1. The number of amides is 1. The minimum Gasteiger partial charge on any atom is -0.338 e. The van der Waals surface area contributed by atoms with E-state index < -0.39 is 0 Å². The predicted octanol–water partition coefficient (Wildman–Crippen LogP) is 5.58. The van der Waals surface area contributed by atoms with Crippen LogP contribution in [-0.4, -0.2) is 62.2 Å². The highest BCUT2D eigenvalue weighted by Gasteiger charge is 2.23. The number of quaternary nitrogens is 1. The summed E-state index contributed by atoms with van der Waals surface area (Å²) in [5, 5.41) is 0. The van der Waals surface area contributed by atoms with Crippen LogP contribution in [0.4, 0.5) is 4.39 Å². The first-order valence-corrected chi connectivity index (χ1v) is 11.1. The molecule has 4 heteroatoms. The smallest absolute Gasteiger partial charge is 0.277 e. The Labute approximate surface area is 162 Å². The highest BCUT2D eigenvalue weighted by Crippen LogP contribution is 2.10. The number of unbranched alkanes of at least 4 members (excludes halogenated alkanes) is 9. The maximum absolute atomic E-state index is 12.8. The summed E-state index contributed by atoms with van der Waals surface area (Å²) in [7, 11) is 4.37. The van der Waals surface area contributed by atoms with Crippen molar-refractivity contribution in [1.82, 2.24) is 4.90 Å². The van der Waals surface area contributed by atoms with Crippen LogP contribution in [0.25, 0.3) is 0 Å². The molecule has 0 fully saturated rings. The summed E-state index contributed by atoms with van der Waals surface area (Å²) in [6, 6.07) is 0. The van der Waals surface area contributed by atoms with Crippen molar-refractivity contribution < 1.29 is 13.7 Å². The lowest BCUT2D eigenvalue weighted by Crippen LogP contribution is -2.49. The largest absolute Gasteiger partial charge is 0.338 e. The van der Waals surface area contributed by atoms with Gasteiger partial charge in [-0.3, -0.25) is 9.18 Å². The Hall–Kier alpha value is -0.640. The van der Waals surface area contributed by atoms with Crippen molar-refractivity contribution in [2.75, 3.05) is 46.9 Å². The molecule has 0 atom stereocenters. The minimum absolute atomic E-state index is 0.220. The van der Waals surface area contributed by atoms with Gasteiger partial charge >= 0.3 is 0 Å². The van der Waals surface area contributed by atoms with Gasteiger partial charge in [-0.2, -0.15) is 0 Å². The third-order valence-electron chi connectivity index (χ3n) is 5.13. The normalized spacial score (nSPS) is 11.7. The Balaban J connectivity index is 4.22. The Morgan fingerprint density at radius 3 is 1.96 bits per heavy atom. The Morgan fingerprint density at radius 1 is 0.769 bits per heavy atom. The van der Waals surface area contributed by atoms with Gasteiger partial charge in [0, 0.05) is 13.1 Å². The number of alkyl halides is 1. The van der Waals surface area contributed by atoms with E-state index in [1.165, 1.54) is 38.5 Å². The van der Waals surface area contributed by atoms with E-state index >= 15 is 0 Å². The lowest BCUT2D eigenvalue weighted by atomic mass is 10.1. The molecule has 0 N–H and O–H groups in total. The second kappa shape index (κ2) is 16.5. The summed E-state index contributed by atoms with van der Waals surface area (Å²) >= 11 is 0. The number of hydrogen-bond donors (Lipinski definition) is 0. The van der Waals surface area contributed by atoms with Crippen molar-refractivity contribution in [3.63, 3.8) is 0 Å². The van der Waals surface area contributed by atoms with Gasteiger partial charge in [0.15, 0.2) is 6.54 Å². The first-order valence-electron chi connectivity index (χ1n) is 11.1. The molecule has 0 aromatic rings. The van der Waals surface area contributed by atoms with Crippen LogP contribution in [0.5, 0.6) is 0 Å². The molecule has 0 spiro atoms. The van der Waals surface area contributed by atoms with Gasteiger partial charge in [0.05, 0.1) is 27.3 Å². The van der Waals surface area contributed by atoms with Gasteiger partial charge in [-0.25, -0.2) is 0 Å². The Bertz CT molecular complexity index is 334. The molecule has 0 aliphatic carbocycles. The average Bonchev–Trinajstić information content (AvgIpc) is 2.59. The summed E-state index contributed by atoms with van der Waals surface area (Å²) in [5.74, 6) is 0.292. The van der Waals surface area contributed by atoms with Crippen LogP contribution in [0, 0.1) is 0 Å². The number of halogens is 1. The van der Waals surface area contributed by atoms with Gasteiger partial charge < -0.3 is 9.38 Å². The maximum Gasteiger partial charge on any atom is 0.277 e. The molecule has 0 saturated heterocycles. The molecule has 1 amide bonds. The van der Waals surface area contributed by atoms with E-state index in [1.807, 2.05) is 0 Å². The van der Waals surface area contributed by atoms with Gasteiger partial charge in [-0.05, 0) is 32.1 Å². The zero-order chi connectivity index (χ0) is 19.7. The third kappa shape index (κ3) is 14.5. The van der Waals surface area contributed by atoms with E-state index in [4.69, 9.17) is 0 Å². The quantitative estimate of drug-likeness (QED) is 0.227. The van der Waals surface area contributed by atoms with Gasteiger partial charge in [-0.1, -0.05) is 58.8 Å². The monoisotopic (exact) mass is 373 g/mol. The predicted molar refractivity (Wildman–Crippen MR) is 111 cm³/mol. The number of rotatable bonds is 18. The van der Waals surface area contributed by atoms with Crippen molar-refractivity contribution in [3.8, 4) is 0 Å². The topological polar surface area (TPSA) is 20.3 Å². The van der Waals surface area contributed by atoms with Crippen LogP contribution in [0.1, 0.15) is 90.9 Å². The average molecular weight is 374 g/mol. The third-order valence-corrected chi connectivity index (χ3v) is 5.13. The lowest BCUT2D eigenvalue weighted by Gasteiger charge is -2.32. The molecule has 0 aromatic heterocycles. The van der Waals surface area contributed by atoms with Gasteiger partial charge in [0.2, 0.25) is 0 Å². The molecule has 3 nitrogen and oxygen atoms in total. The molecule has 0 bridgehead atoms. The SMILES string of the molecule is CCCCCCCC[N+](C)(C)CC(=O)N(CCCC)CCCCCCF. The van der Waals surface area contributed by atoms with Gasteiger partial charge in [-0.15, -0.1) is 0 Å². The maximum atomic E-state index is 12.8. The molecule has 0 aliphatic heterocycles. The van der Waals surface area contributed by atoms with Crippen molar-refractivity contribution in [2.45, 2.75) is 90.9 Å².